The van der Waals surface area contributed by atoms with Crippen molar-refractivity contribution >= 4 is 12.1 Å². The van der Waals surface area contributed by atoms with E-state index in [1.54, 1.807) is 20.8 Å². The first-order valence-corrected chi connectivity index (χ1v) is 6.60. The molecular weight excluding hydrogens is 248 g/mol. The lowest BCUT2D eigenvalue weighted by Gasteiger charge is -2.23. The molecule has 1 aliphatic rings. The number of alkyl carbamates (subject to hydrolysis) is 1. The van der Waals surface area contributed by atoms with Crippen LogP contribution < -0.4 is 10.6 Å². The van der Waals surface area contributed by atoms with Gasteiger partial charge in [0, 0.05) is 0 Å². The van der Waals surface area contributed by atoms with Crippen LogP contribution in [0.2, 0.25) is 0 Å². The number of carbonyl (C=O) groups excluding carboxylic acids is 2. The molecule has 1 amide bonds. The minimum Gasteiger partial charge on any atom is -0.467 e. The summed E-state index contributed by atoms with van der Waals surface area (Å²) in [7, 11) is 1.32. The molecule has 0 aromatic carbocycles. The van der Waals surface area contributed by atoms with E-state index in [-0.39, 0.29) is 0 Å². The van der Waals surface area contributed by atoms with Gasteiger partial charge in [-0.15, -0.1) is 0 Å². The van der Waals surface area contributed by atoms with E-state index in [1.165, 1.54) is 7.11 Å². The maximum absolute atomic E-state index is 11.7. The Bertz CT molecular complexity index is 319. The number of methoxy groups -OCH3 is 1. The highest BCUT2D eigenvalue weighted by molar-refractivity contribution is 5.81. The van der Waals surface area contributed by atoms with E-state index in [0.29, 0.717) is 12.3 Å². The summed E-state index contributed by atoms with van der Waals surface area (Å²) in [5.41, 5.74) is -0.584. The maximum Gasteiger partial charge on any atom is 0.408 e. The van der Waals surface area contributed by atoms with Gasteiger partial charge in [0.05, 0.1) is 7.11 Å². The lowest BCUT2D eigenvalue weighted by atomic mass is 9.99. The highest BCUT2D eigenvalue weighted by Gasteiger charge is 2.28. The highest BCUT2D eigenvalue weighted by atomic mass is 16.6. The molecule has 0 unspecified atom stereocenters. The van der Waals surface area contributed by atoms with Gasteiger partial charge in [0.15, 0.2) is 0 Å². The standard InChI is InChI=1S/C13H24N2O4/c1-13(2,3)19-12(17)15-10(11(16)18-4)7-9-5-6-14-8-9/h9-10,14H,5-8H2,1-4H3,(H,15,17)/t9-,10-/m0/s1. The van der Waals surface area contributed by atoms with Crippen molar-refractivity contribution in [3.8, 4) is 0 Å². The molecule has 0 aromatic heterocycles. The smallest absolute Gasteiger partial charge is 0.408 e. The van der Waals surface area contributed by atoms with Crippen LogP contribution in [0.15, 0.2) is 0 Å². The average Bonchev–Trinajstić information content (AvgIpc) is 2.77. The fourth-order valence-electron chi connectivity index (χ4n) is 2.06. The first-order valence-electron chi connectivity index (χ1n) is 6.60. The predicted octanol–water partition coefficient (Wildman–Crippen LogP) is 1.05. The van der Waals surface area contributed by atoms with Gasteiger partial charge in [-0.3, -0.25) is 0 Å². The van der Waals surface area contributed by atoms with Crippen molar-refractivity contribution in [1.82, 2.24) is 10.6 Å². The van der Waals surface area contributed by atoms with Gasteiger partial charge >= 0.3 is 12.1 Å². The Morgan fingerprint density at radius 2 is 2.11 bits per heavy atom. The molecule has 110 valence electrons. The monoisotopic (exact) mass is 272 g/mol. The Balaban J connectivity index is 2.53. The van der Waals surface area contributed by atoms with Gasteiger partial charge in [-0.25, -0.2) is 9.59 Å². The maximum atomic E-state index is 11.7. The van der Waals surface area contributed by atoms with Crippen LogP contribution in [-0.4, -0.2) is 43.9 Å². The van der Waals surface area contributed by atoms with Gasteiger partial charge in [-0.1, -0.05) is 0 Å². The van der Waals surface area contributed by atoms with Crippen LogP contribution in [0.5, 0.6) is 0 Å². The molecule has 0 saturated carbocycles. The molecule has 1 fully saturated rings. The Hall–Kier alpha value is -1.30. The van der Waals surface area contributed by atoms with E-state index in [4.69, 9.17) is 9.47 Å². The quantitative estimate of drug-likeness (QED) is 0.748. The van der Waals surface area contributed by atoms with E-state index in [1.807, 2.05) is 0 Å². The molecule has 6 heteroatoms. The second-order valence-electron chi connectivity index (χ2n) is 5.82. The number of rotatable bonds is 4. The van der Waals surface area contributed by atoms with Crippen LogP contribution in [0.3, 0.4) is 0 Å². The number of esters is 1. The normalized spacial score (nSPS) is 20.7. The van der Waals surface area contributed by atoms with Crippen molar-refractivity contribution in [3.63, 3.8) is 0 Å². The molecular formula is C13H24N2O4. The molecule has 1 saturated heterocycles. The molecule has 0 bridgehead atoms. The average molecular weight is 272 g/mol. The summed E-state index contributed by atoms with van der Waals surface area (Å²) in [5.74, 6) is -0.0585. The minimum atomic E-state index is -0.648. The summed E-state index contributed by atoms with van der Waals surface area (Å²) < 4.78 is 9.88. The number of hydrogen-bond acceptors (Lipinski definition) is 5. The lowest BCUT2D eigenvalue weighted by Crippen LogP contribution is -2.45. The van der Waals surface area contributed by atoms with Crippen molar-refractivity contribution < 1.29 is 19.1 Å². The SMILES string of the molecule is COC(=O)[C@H](C[C@@H]1CCNC1)NC(=O)OC(C)(C)C. The van der Waals surface area contributed by atoms with Gasteiger partial charge in [-0.2, -0.15) is 0 Å². The molecule has 0 aromatic rings. The molecule has 1 rings (SSSR count). The Morgan fingerprint density at radius 1 is 1.42 bits per heavy atom. The Kier molecular flexibility index (Phi) is 5.60. The number of nitrogens with one attached hydrogen (secondary N) is 2. The molecule has 0 spiro atoms. The van der Waals surface area contributed by atoms with Crippen molar-refractivity contribution in [2.75, 3.05) is 20.2 Å². The van der Waals surface area contributed by atoms with Gasteiger partial charge in [0.25, 0.3) is 0 Å². The fourth-order valence-corrected chi connectivity index (χ4v) is 2.06. The van der Waals surface area contributed by atoms with Crippen LogP contribution in [-0.2, 0) is 14.3 Å². The zero-order valence-electron chi connectivity index (χ0n) is 12.1. The number of ether oxygens (including phenoxy) is 2. The summed E-state index contributed by atoms with van der Waals surface area (Å²) in [6, 6.07) is -0.648. The van der Waals surface area contributed by atoms with Crippen LogP contribution in [0.25, 0.3) is 0 Å². The van der Waals surface area contributed by atoms with Crippen molar-refractivity contribution in [2.45, 2.75) is 45.3 Å². The first kappa shape index (κ1) is 15.8. The Morgan fingerprint density at radius 3 is 2.58 bits per heavy atom. The summed E-state index contributed by atoms with van der Waals surface area (Å²) >= 11 is 0. The third-order valence-corrected chi connectivity index (χ3v) is 2.91. The van der Waals surface area contributed by atoms with Crippen LogP contribution in [0.4, 0.5) is 4.79 Å². The molecule has 1 heterocycles. The zero-order valence-corrected chi connectivity index (χ0v) is 12.1. The molecule has 0 radical (unpaired) electrons. The summed E-state index contributed by atoms with van der Waals surface area (Å²) in [5, 5.41) is 5.82. The molecule has 0 aliphatic carbocycles. The largest absolute Gasteiger partial charge is 0.467 e. The van der Waals surface area contributed by atoms with Crippen molar-refractivity contribution in [3.05, 3.63) is 0 Å². The molecule has 2 N–H and O–H groups in total. The number of hydrogen-bond donors (Lipinski definition) is 2. The van der Waals surface area contributed by atoms with Gasteiger partial charge in [-0.05, 0) is 52.6 Å². The predicted molar refractivity (Wildman–Crippen MR) is 70.8 cm³/mol. The highest BCUT2D eigenvalue weighted by Crippen LogP contribution is 2.16. The van der Waals surface area contributed by atoms with E-state index in [2.05, 4.69) is 10.6 Å². The van der Waals surface area contributed by atoms with Gasteiger partial charge in [0.2, 0.25) is 0 Å². The minimum absolute atomic E-state index is 0.374. The summed E-state index contributed by atoms with van der Waals surface area (Å²) in [6.07, 6.45) is 0.983. The van der Waals surface area contributed by atoms with Crippen molar-refractivity contribution in [2.24, 2.45) is 5.92 Å². The second-order valence-corrected chi connectivity index (χ2v) is 5.82. The summed E-state index contributed by atoms with van der Waals surface area (Å²) in [6.45, 7) is 7.15. The molecule has 1 aliphatic heterocycles. The van der Waals surface area contributed by atoms with Gasteiger partial charge < -0.3 is 20.1 Å². The Labute approximate surface area is 114 Å². The molecule has 19 heavy (non-hydrogen) atoms. The third-order valence-electron chi connectivity index (χ3n) is 2.91. The van der Waals surface area contributed by atoms with E-state index in [0.717, 1.165) is 19.5 Å². The lowest BCUT2D eigenvalue weighted by molar-refractivity contribution is -0.143. The van der Waals surface area contributed by atoms with E-state index >= 15 is 0 Å². The molecule has 6 nitrogen and oxygen atoms in total. The van der Waals surface area contributed by atoms with E-state index < -0.39 is 23.7 Å². The van der Waals surface area contributed by atoms with Crippen LogP contribution in [0.1, 0.15) is 33.6 Å². The zero-order chi connectivity index (χ0) is 14.5. The van der Waals surface area contributed by atoms with Gasteiger partial charge in [0.1, 0.15) is 11.6 Å². The van der Waals surface area contributed by atoms with Crippen molar-refractivity contribution in [1.29, 1.82) is 0 Å². The second kappa shape index (κ2) is 6.75. The third kappa shape index (κ3) is 5.92. The van der Waals surface area contributed by atoms with Crippen LogP contribution >= 0.6 is 0 Å². The first-order chi connectivity index (χ1) is 8.81. The topological polar surface area (TPSA) is 76.7 Å². The fraction of sp³-hybridized carbons (Fsp3) is 0.846. The molecule has 2 atom stereocenters. The van der Waals surface area contributed by atoms with E-state index in [9.17, 15) is 9.59 Å². The number of amides is 1. The number of carbonyl (C=O) groups is 2. The summed E-state index contributed by atoms with van der Waals surface area (Å²) in [4.78, 5) is 23.4. The van der Waals surface area contributed by atoms with Crippen LogP contribution in [0, 0.1) is 5.92 Å².